The molecule has 1 aliphatic heterocycles. The Morgan fingerprint density at radius 3 is 2.74 bits per heavy atom. The quantitative estimate of drug-likeness (QED) is 0.389. The van der Waals surface area contributed by atoms with Gasteiger partial charge < -0.3 is 9.84 Å². The molecule has 1 saturated heterocycles. The maximum atomic E-state index is 12.5. The number of phenolic OH excluding ortho intramolecular Hbond substituents is 1. The van der Waals surface area contributed by atoms with Crippen molar-refractivity contribution in [3.63, 3.8) is 0 Å². The number of halogens is 2. The summed E-state index contributed by atoms with van der Waals surface area (Å²) in [5, 5.41) is 10.5. The lowest BCUT2D eigenvalue weighted by Crippen LogP contribution is -2.26. The molecule has 0 unspecified atom stereocenters. The summed E-state index contributed by atoms with van der Waals surface area (Å²) < 4.78 is 18.8. The summed E-state index contributed by atoms with van der Waals surface area (Å²) in [6, 6.07) is 23.0. The van der Waals surface area contributed by atoms with Crippen LogP contribution in [0.2, 0.25) is 5.02 Å². The fourth-order valence-electron chi connectivity index (χ4n) is 5.28. The molecule has 3 nitrogen and oxygen atoms in total. The predicted molar refractivity (Wildman–Crippen MR) is 140 cm³/mol. The van der Waals surface area contributed by atoms with Gasteiger partial charge in [-0.1, -0.05) is 41.9 Å². The van der Waals surface area contributed by atoms with Crippen molar-refractivity contribution in [2.45, 2.75) is 38.2 Å². The molecule has 1 aliphatic carbocycles. The summed E-state index contributed by atoms with van der Waals surface area (Å²) in [4.78, 5) is 2.27. The predicted octanol–water partition coefficient (Wildman–Crippen LogP) is 6.95. The van der Waals surface area contributed by atoms with Crippen LogP contribution in [0.1, 0.15) is 47.9 Å². The molecule has 0 spiro atoms. The first kappa shape index (κ1) is 23.9. The van der Waals surface area contributed by atoms with Crippen molar-refractivity contribution < 1.29 is 14.2 Å². The molecule has 5 heteroatoms. The van der Waals surface area contributed by atoms with Crippen LogP contribution in [0.4, 0.5) is 4.39 Å². The topological polar surface area (TPSA) is 32.7 Å². The molecule has 181 valence electrons. The lowest BCUT2D eigenvalue weighted by Gasteiger charge is -2.19. The highest BCUT2D eigenvalue weighted by Crippen LogP contribution is 2.42. The van der Waals surface area contributed by atoms with Crippen LogP contribution in [0.15, 0.2) is 60.7 Å². The summed E-state index contributed by atoms with van der Waals surface area (Å²) in [5.41, 5.74) is 6.92. The molecule has 1 N–H and O–H groups in total. The van der Waals surface area contributed by atoms with E-state index in [-0.39, 0.29) is 18.5 Å². The Morgan fingerprint density at radius 1 is 1.09 bits per heavy atom. The lowest BCUT2D eigenvalue weighted by molar-refractivity contribution is 0.198. The van der Waals surface area contributed by atoms with Crippen LogP contribution in [-0.4, -0.2) is 42.4 Å². The smallest absolute Gasteiger partial charge is 0.119 e. The monoisotopic (exact) mass is 490 g/mol. The van der Waals surface area contributed by atoms with Gasteiger partial charge in [0.05, 0.1) is 11.7 Å². The van der Waals surface area contributed by atoms with E-state index in [9.17, 15) is 9.50 Å². The van der Waals surface area contributed by atoms with Crippen LogP contribution < -0.4 is 4.74 Å². The first-order chi connectivity index (χ1) is 17.1. The number of hydrogen-bond donors (Lipinski definition) is 1. The summed E-state index contributed by atoms with van der Waals surface area (Å²) in [6.45, 7) is 2.33. The van der Waals surface area contributed by atoms with Gasteiger partial charge in [0.15, 0.2) is 0 Å². The fourth-order valence-corrected chi connectivity index (χ4v) is 5.57. The van der Waals surface area contributed by atoms with Gasteiger partial charge in [-0.05, 0) is 102 Å². The summed E-state index contributed by atoms with van der Waals surface area (Å²) in [5.74, 6) is 1.02. The molecule has 0 bridgehead atoms. The molecule has 5 rings (SSSR count). The number of rotatable bonds is 7. The second-order valence-corrected chi connectivity index (χ2v) is 9.76. The minimum absolute atomic E-state index is 0.139. The third kappa shape index (κ3) is 5.39. The minimum atomic E-state index is -0.266. The molecule has 2 aliphatic rings. The summed E-state index contributed by atoms with van der Waals surface area (Å²) in [6.07, 6.45) is 4.58. The Bertz CT molecular complexity index is 1210. The van der Waals surface area contributed by atoms with E-state index in [1.807, 2.05) is 24.3 Å². The van der Waals surface area contributed by atoms with Gasteiger partial charge in [-0.15, -0.1) is 0 Å². The van der Waals surface area contributed by atoms with Crippen LogP contribution in [-0.2, 0) is 6.42 Å². The number of phenols is 1. The Kier molecular flexibility index (Phi) is 7.40. The molecule has 1 radical (unpaired) electrons. The third-order valence-corrected chi connectivity index (χ3v) is 7.27. The van der Waals surface area contributed by atoms with Gasteiger partial charge in [0.1, 0.15) is 17.6 Å². The zero-order chi connectivity index (χ0) is 24.2. The number of hydrogen-bond acceptors (Lipinski definition) is 3. The first-order valence-electron chi connectivity index (χ1n) is 12.4. The molecule has 0 saturated carbocycles. The van der Waals surface area contributed by atoms with Crippen LogP contribution in [0.25, 0.3) is 11.1 Å². The summed E-state index contributed by atoms with van der Waals surface area (Å²) >= 11 is 6.61. The average Bonchev–Trinajstić information content (AvgIpc) is 3.22. The van der Waals surface area contributed by atoms with E-state index in [4.69, 9.17) is 16.3 Å². The number of nitrogens with zero attached hydrogens (tertiary/aromatic N) is 1. The van der Waals surface area contributed by atoms with Crippen molar-refractivity contribution in [3.05, 3.63) is 94.0 Å². The lowest BCUT2D eigenvalue weighted by atomic mass is 9.88. The zero-order valence-corrected chi connectivity index (χ0v) is 20.5. The van der Waals surface area contributed by atoms with Gasteiger partial charge >= 0.3 is 0 Å². The van der Waals surface area contributed by atoms with E-state index in [0.29, 0.717) is 11.4 Å². The molecule has 1 fully saturated rings. The van der Waals surface area contributed by atoms with E-state index in [2.05, 4.69) is 35.2 Å². The van der Waals surface area contributed by atoms with E-state index in [1.54, 1.807) is 12.1 Å². The molecule has 3 aromatic carbocycles. The number of likely N-dealkylation sites (tertiary alicyclic amines) is 1. The molecular weight excluding hydrogens is 461 g/mol. The number of allylic oxidation sites excluding steroid dienone is 1. The normalized spacial score (nSPS) is 18.4. The van der Waals surface area contributed by atoms with Crippen molar-refractivity contribution in [3.8, 4) is 11.5 Å². The SMILES string of the molecule is Oc1ccc(C2=C(c3ccc(O[C@H]4CCN(CCCF)C4)cc3)c3cc[c]cc3CCC2)c(Cl)c1. The highest BCUT2D eigenvalue weighted by molar-refractivity contribution is 6.33. The molecular formula is C30H30ClFNO2. The minimum Gasteiger partial charge on any atom is -0.508 e. The Balaban J connectivity index is 1.47. The molecule has 1 heterocycles. The Hall–Kier alpha value is -2.82. The number of ether oxygens (including phenoxy) is 1. The standard InChI is InChI=1S/C30H30ClFNO2/c31-29-19-23(34)11-14-27(29)28-8-3-6-21-5-1-2-7-26(21)30(28)22-9-12-24(13-10-22)35-25-15-18-33(20-25)17-4-16-32/h2,5,7,9-14,19,25,34H,3-4,6,8,15-18,20H2/t25-/m0/s1. The zero-order valence-electron chi connectivity index (χ0n) is 19.8. The molecule has 3 aromatic rings. The van der Waals surface area contributed by atoms with Crippen molar-refractivity contribution in [2.24, 2.45) is 0 Å². The maximum absolute atomic E-state index is 12.5. The number of aryl methyl sites for hydroxylation is 1. The van der Waals surface area contributed by atoms with Crippen molar-refractivity contribution >= 4 is 22.7 Å². The van der Waals surface area contributed by atoms with Crippen molar-refractivity contribution in [1.82, 2.24) is 4.90 Å². The number of benzene rings is 3. The molecule has 0 aromatic heterocycles. The fraction of sp³-hybridized carbons (Fsp3) is 0.333. The third-order valence-electron chi connectivity index (χ3n) is 6.95. The van der Waals surface area contributed by atoms with E-state index in [0.717, 1.165) is 62.2 Å². The molecule has 35 heavy (non-hydrogen) atoms. The second kappa shape index (κ2) is 10.8. The van der Waals surface area contributed by atoms with Crippen LogP contribution in [0.3, 0.4) is 0 Å². The van der Waals surface area contributed by atoms with Gasteiger partial charge in [0.2, 0.25) is 0 Å². The van der Waals surface area contributed by atoms with Gasteiger partial charge in [-0.25, -0.2) is 0 Å². The van der Waals surface area contributed by atoms with Gasteiger partial charge in [-0.2, -0.15) is 0 Å². The molecule has 1 atom stereocenters. The first-order valence-corrected chi connectivity index (χ1v) is 12.8. The van der Waals surface area contributed by atoms with Gasteiger partial charge in [0, 0.05) is 19.6 Å². The largest absolute Gasteiger partial charge is 0.508 e. The van der Waals surface area contributed by atoms with E-state index >= 15 is 0 Å². The maximum Gasteiger partial charge on any atom is 0.119 e. The average molecular weight is 491 g/mol. The second-order valence-electron chi connectivity index (χ2n) is 9.35. The molecule has 0 amide bonds. The number of aromatic hydroxyl groups is 1. The summed E-state index contributed by atoms with van der Waals surface area (Å²) in [7, 11) is 0. The van der Waals surface area contributed by atoms with E-state index < -0.39 is 0 Å². The Morgan fingerprint density at radius 2 is 1.94 bits per heavy atom. The van der Waals surface area contributed by atoms with Gasteiger partial charge in [0.25, 0.3) is 0 Å². The van der Waals surface area contributed by atoms with E-state index in [1.165, 1.54) is 22.3 Å². The Labute approximate surface area is 211 Å². The van der Waals surface area contributed by atoms with Crippen LogP contribution >= 0.6 is 11.6 Å². The van der Waals surface area contributed by atoms with Gasteiger partial charge in [-0.3, -0.25) is 9.29 Å². The number of fused-ring (bicyclic) bond motifs is 1. The van der Waals surface area contributed by atoms with Crippen molar-refractivity contribution in [2.75, 3.05) is 26.3 Å². The van der Waals surface area contributed by atoms with Crippen molar-refractivity contribution in [1.29, 1.82) is 0 Å². The van der Waals surface area contributed by atoms with Crippen LogP contribution in [0, 0.1) is 6.07 Å². The highest BCUT2D eigenvalue weighted by Gasteiger charge is 2.24. The van der Waals surface area contributed by atoms with Crippen LogP contribution in [0.5, 0.6) is 11.5 Å². The number of alkyl halides is 1. The highest BCUT2D eigenvalue weighted by atomic mass is 35.5.